The van der Waals surface area contributed by atoms with Crippen molar-refractivity contribution in [2.45, 2.75) is 70.5 Å². The second kappa shape index (κ2) is 10.5. The van der Waals surface area contributed by atoms with Gasteiger partial charge in [-0.3, -0.25) is 4.79 Å². The van der Waals surface area contributed by atoms with Crippen molar-refractivity contribution in [2.24, 2.45) is 0 Å². The second-order valence-corrected chi connectivity index (χ2v) is 5.92. The van der Waals surface area contributed by atoms with Gasteiger partial charge in [-0.1, -0.05) is 26.7 Å². The van der Waals surface area contributed by atoms with Crippen LogP contribution in [0, 0.1) is 0 Å². The summed E-state index contributed by atoms with van der Waals surface area (Å²) in [6, 6.07) is 0. The molecule has 0 rings (SSSR count). The maximum atomic E-state index is 13.3. The quantitative estimate of drug-likeness (QED) is 0.409. The molecule has 5 heteroatoms. The summed E-state index contributed by atoms with van der Waals surface area (Å²) in [5.74, 6) is -2.18. The van der Waals surface area contributed by atoms with Crippen molar-refractivity contribution in [3.05, 3.63) is 0 Å². The van der Waals surface area contributed by atoms with Crippen LogP contribution in [0.2, 0.25) is 0 Å². The van der Waals surface area contributed by atoms with E-state index >= 15 is 0 Å². The van der Waals surface area contributed by atoms with E-state index < -0.39 is 5.92 Å². The van der Waals surface area contributed by atoms with E-state index in [0.717, 1.165) is 12.8 Å². The monoisotopic (exact) mass is 296 g/mol. The highest BCUT2D eigenvalue weighted by Gasteiger charge is 2.27. The molecule has 1 unspecified atom stereocenters. The fourth-order valence-corrected chi connectivity index (χ4v) is 3.02. The van der Waals surface area contributed by atoms with Gasteiger partial charge in [-0.15, -0.1) is 11.8 Å². The molecule has 0 aromatic rings. The first-order chi connectivity index (χ1) is 8.96. The van der Waals surface area contributed by atoms with Gasteiger partial charge in [-0.25, -0.2) is 8.78 Å². The van der Waals surface area contributed by atoms with Gasteiger partial charge in [-0.2, -0.15) is 0 Å². The molecular weight excluding hydrogens is 270 g/mol. The van der Waals surface area contributed by atoms with Crippen LogP contribution in [-0.2, 0) is 9.53 Å². The average Bonchev–Trinajstić information content (AvgIpc) is 2.33. The number of alkyl halides is 2. The first-order valence-corrected chi connectivity index (χ1v) is 8.17. The molecule has 0 spiro atoms. The second-order valence-electron chi connectivity index (χ2n) is 4.61. The maximum absolute atomic E-state index is 13.3. The van der Waals surface area contributed by atoms with Crippen LogP contribution in [0.25, 0.3) is 0 Å². The Morgan fingerprint density at radius 2 is 1.89 bits per heavy atom. The van der Waals surface area contributed by atoms with Crippen LogP contribution in [0.15, 0.2) is 0 Å². The van der Waals surface area contributed by atoms with E-state index in [9.17, 15) is 13.6 Å². The summed E-state index contributed by atoms with van der Waals surface area (Å²) < 4.78 is 31.5. The molecule has 0 N–H and O–H groups in total. The highest BCUT2D eigenvalue weighted by Crippen LogP contribution is 2.28. The number of ether oxygens (including phenoxy) is 1. The van der Waals surface area contributed by atoms with Gasteiger partial charge in [0, 0.05) is 12.8 Å². The van der Waals surface area contributed by atoms with Crippen LogP contribution < -0.4 is 0 Å². The molecule has 0 amide bonds. The van der Waals surface area contributed by atoms with E-state index in [0.29, 0.717) is 25.2 Å². The number of carbonyl (C=O) groups is 1. The number of thioether (sulfide) groups is 1. The van der Waals surface area contributed by atoms with Gasteiger partial charge in [0.1, 0.15) is 5.25 Å². The van der Waals surface area contributed by atoms with E-state index in [-0.39, 0.29) is 24.1 Å². The summed E-state index contributed by atoms with van der Waals surface area (Å²) >= 11 is 1.45. The van der Waals surface area contributed by atoms with Gasteiger partial charge < -0.3 is 4.74 Å². The van der Waals surface area contributed by atoms with Crippen molar-refractivity contribution in [3.63, 3.8) is 0 Å². The normalized spacial score (nSPS) is 13.3. The Morgan fingerprint density at radius 1 is 1.21 bits per heavy atom. The molecule has 0 aromatic carbocycles. The topological polar surface area (TPSA) is 26.3 Å². The molecule has 19 heavy (non-hydrogen) atoms. The number of carbonyl (C=O) groups excluding carboxylic acids is 1. The van der Waals surface area contributed by atoms with Gasteiger partial charge in [0.2, 0.25) is 5.92 Å². The Kier molecular flexibility index (Phi) is 10.3. The molecule has 0 aliphatic carbocycles. The van der Waals surface area contributed by atoms with E-state index in [1.807, 2.05) is 6.92 Å². The molecule has 0 aromatic heterocycles. The van der Waals surface area contributed by atoms with E-state index in [2.05, 4.69) is 0 Å². The number of esters is 1. The lowest BCUT2D eigenvalue weighted by Crippen LogP contribution is -2.21. The summed E-state index contributed by atoms with van der Waals surface area (Å²) in [5, 5.41) is -0.204. The molecule has 2 nitrogen and oxygen atoms in total. The Labute approximate surface area is 119 Å². The number of hydrogen-bond donors (Lipinski definition) is 0. The average molecular weight is 296 g/mol. The molecule has 0 aliphatic heterocycles. The summed E-state index contributed by atoms with van der Waals surface area (Å²) in [7, 11) is 0. The third kappa shape index (κ3) is 9.25. The van der Waals surface area contributed by atoms with Crippen molar-refractivity contribution >= 4 is 17.7 Å². The minimum absolute atomic E-state index is 0.0477. The van der Waals surface area contributed by atoms with Crippen molar-refractivity contribution < 1.29 is 18.3 Å². The maximum Gasteiger partial charge on any atom is 0.319 e. The number of halogens is 2. The van der Waals surface area contributed by atoms with Gasteiger partial charge in [-0.05, 0) is 25.5 Å². The lowest BCUT2D eigenvalue weighted by molar-refractivity contribution is -0.142. The predicted molar refractivity (Wildman–Crippen MR) is 76.9 cm³/mol. The molecule has 0 saturated carbocycles. The molecular formula is C14H26F2O2S. The third-order valence-corrected chi connectivity index (χ3v) is 4.08. The minimum Gasteiger partial charge on any atom is -0.465 e. The molecule has 0 fully saturated rings. The molecule has 0 aliphatic rings. The lowest BCUT2D eigenvalue weighted by Gasteiger charge is -2.17. The van der Waals surface area contributed by atoms with Crippen LogP contribution in [-0.4, -0.2) is 29.5 Å². The Balaban J connectivity index is 3.96. The molecule has 0 radical (unpaired) electrons. The van der Waals surface area contributed by atoms with Crippen LogP contribution >= 0.6 is 11.8 Å². The zero-order valence-electron chi connectivity index (χ0n) is 12.2. The molecule has 0 saturated heterocycles. The summed E-state index contributed by atoms with van der Waals surface area (Å²) in [4.78, 5) is 11.6. The van der Waals surface area contributed by atoms with Crippen molar-refractivity contribution in [1.82, 2.24) is 0 Å². The van der Waals surface area contributed by atoms with Gasteiger partial charge in [0.05, 0.1) is 6.61 Å². The van der Waals surface area contributed by atoms with E-state index in [1.165, 1.54) is 11.8 Å². The Hall–Kier alpha value is -0.320. The SMILES string of the molecule is CCCC(SCCCC(F)(F)CCC)C(=O)OCC. The third-order valence-electron chi connectivity index (χ3n) is 2.72. The van der Waals surface area contributed by atoms with Crippen molar-refractivity contribution in [2.75, 3.05) is 12.4 Å². The molecule has 114 valence electrons. The molecule has 1 atom stereocenters. The Bertz CT molecular complexity index is 248. The van der Waals surface area contributed by atoms with E-state index in [1.54, 1.807) is 13.8 Å². The van der Waals surface area contributed by atoms with Crippen LogP contribution in [0.4, 0.5) is 8.78 Å². The van der Waals surface area contributed by atoms with Crippen LogP contribution in [0.5, 0.6) is 0 Å². The zero-order valence-corrected chi connectivity index (χ0v) is 13.0. The highest BCUT2D eigenvalue weighted by molar-refractivity contribution is 8.00. The highest BCUT2D eigenvalue weighted by atomic mass is 32.2. The largest absolute Gasteiger partial charge is 0.465 e. The number of hydrogen-bond acceptors (Lipinski definition) is 3. The van der Waals surface area contributed by atoms with Gasteiger partial charge in [0.25, 0.3) is 0 Å². The molecule has 0 heterocycles. The number of rotatable bonds is 11. The zero-order chi connectivity index (χ0) is 14.7. The fraction of sp³-hybridized carbons (Fsp3) is 0.929. The van der Waals surface area contributed by atoms with Gasteiger partial charge >= 0.3 is 5.97 Å². The van der Waals surface area contributed by atoms with Gasteiger partial charge in [0.15, 0.2) is 0 Å². The van der Waals surface area contributed by atoms with Crippen molar-refractivity contribution in [3.8, 4) is 0 Å². The molecule has 0 bridgehead atoms. The summed E-state index contributed by atoms with van der Waals surface area (Å²) in [6.07, 6.45) is 2.44. The Morgan fingerprint density at radius 3 is 2.42 bits per heavy atom. The smallest absolute Gasteiger partial charge is 0.319 e. The lowest BCUT2D eigenvalue weighted by atomic mass is 10.1. The standard InChI is InChI=1S/C14H26F2O2S/c1-4-8-12(13(17)18-6-3)19-11-7-10-14(15,16)9-5-2/h12H,4-11H2,1-3H3. The van der Waals surface area contributed by atoms with E-state index in [4.69, 9.17) is 4.74 Å². The minimum atomic E-state index is -2.56. The van der Waals surface area contributed by atoms with Crippen LogP contribution in [0.1, 0.15) is 59.3 Å². The van der Waals surface area contributed by atoms with Crippen LogP contribution in [0.3, 0.4) is 0 Å². The first kappa shape index (κ1) is 18.7. The fourth-order valence-electron chi connectivity index (χ4n) is 1.81. The predicted octanol–water partition coefficient (Wildman–Crippen LogP) is 4.67. The first-order valence-electron chi connectivity index (χ1n) is 7.12. The summed E-state index contributed by atoms with van der Waals surface area (Å²) in [6.45, 7) is 5.91. The van der Waals surface area contributed by atoms with Crippen molar-refractivity contribution in [1.29, 1.82) is 0 Å². The summed E-state index contributed by atoms with van der Waals surface area (Å²) in [5.41, 5.74) is 0.